The molecule has 4 rings (SSSR count). The van der Waals surface area contributed by atoms with Gasteiger partial charge in [-0.3, -0.25) is 4.79 Å². The van der Waals surface area contributed by atoms with Crippen molar-refractivity contribution in [1.29, 1.82) is 0 Å². The summed E-state index contributed by atoms with van der Waals surface area (Å²) >= 11 is 0. The molecule has 3 aromatic rings. The number of aromatic nitrogens is 4. The number of rotatable bonds is 7. The number of carbonyl (C=O) groups is 1. The van der Waals surface area contributed by atoms with E-state index in [0.717, 1.165) is 48.1 Å². The summed E-state index contributed by atoms with van der Waals surface area (Å²) in [4.78, 5) is 12.6. The Hall–Kier alpha value is -3.16. The van der Waals surface area contributed by atoms with Crippen molar-refractivity contribution < 1.29 is 14.1 Å². The second kappa shape index (κ2) is 9.11. The van der Waals surface area contributed by atoms with Gasteiger partial charge in [-0.15, -0.1) is 10.2 Å². The fraction of sp³-hybridized carbons (Fsp3) is 0.455. The number of fused-ring (bicyclic) bond motifs is 1. The van der Waals surface area contributed by atoms with Gasteiger partial charge >= 0.3 is 0 Å². The van der Waals surface area contributed by atoms with Gasteiger partial charge in [-0.1, -0.05) is 17.6 Å². The molecule has 0 atom stereocenters. The number of nitrogens with zero attached hydrogens (tertiary/aromatic N) is 4. The zero-order valence-electron chi connectivity index (χ0n) is 17.5. The molecular formula is C22H27N5O3. The lowest BCUT2D eigenvalue weighted by Crippen LogP contribution is -2.26. The Kier molecular flexibility index (Phi) is 6.11. The van der Waals surface area contributed by atoms with Crippen molar-refractivity contribution in [2.75, 3.05) is 6.54 Å². The van der Waals surface area contributed by atoms with Crippen molar-refractivity contribution in [1.82, 2.24) is 25.2 Å². The van der Waals surface area contributed by atoms with Gasteiger partial charge < -0.3 is 19.1 Å². The first kappa shape index (κ1) is 20.1. The van der Waals surface area contributed by atoms with Gasteiger partial charge in [0.2, 0.25) is 0 Å². The van der Waals surface area contributed by atoms with Crippen LogP contribution in [0.4, 0.5) is 0 Å². The summed E-state index contributed by atoms with van der Waals surface area (Å²) < 4.78 is 13.2. The molecule has 0 radical (unpaired) electrons. The van der Waals surface area contributed by atoms with Crippen LogP contribution in [0.15, 0.2) is 28.8 Å². The number of aryl methyl sites for hydroxylation is 3. The molecule has 8 nitrogen and oxygen atoms in total. The molecule has 1 aliphatic rings. The highest BCUT2D eigenvalue weighted by Gasteiger charge is 2.15. The van der Waals surface area contributed by atoms with Crippen molar-refractivity contribution in [3.05, 3.63) is 58.5 Å². The third-order valence-corrected chi connectivity index (χ3v) is 5.48. The van der Waals surface area contributed by atoms with E-state index in [1.807, 2.05) is 26.0 Å². The summed E-state index contributed by atoms with van der Waals surface area (Å²) in [5.74, 6) is 3.26. The molecule has 2 aromatic heterocycles. The van der Waals surface area contributed by atoms with E-state index in [9.17, 15) is 4.79 Å². The van der Waals surface area contributed by atoms with Crippen LogP contribution in [0.2, 0.25) is 0 Å². The van der Waals surface area contributed by atoms with Crippen LogP contribution in [0.1, 0.15) is 58.3 Å². The van der Waals surface area contributed by atoms with Gasteiger partial charge in [0.1, 0.15) is 29.8 Å². The maximum Gasteiger partial charge on any atom is 0.251 e. The first-order valence-electron chi connectivity index (χ1n) is 10.5. The molecule has 30 heavy (non-hydrogen) atoms. The fourth-order valence-electron chi connectivity index (χ4n) is 3.71. The SMILES string of the molecule is Cc1noc(C)c1COc1cccc(C(=O)NCCc2nnc3n2CCCCC3)c1. The minimum absolute atomic E-state index is 0.131. The molecule has 1 aromatic carbocycles. The number of ether oxygens (including phenoxy) is 1. The van der Waals surface area contributed by atoms with E-state index in [4.69, 9.17) is 9.26 Å². The van der Waals surface area contributed by atoms with Crippen LogP contribution in [0.5, 0.6) is 5.75 Å². The molecule has 0 bridgehead atoms. The molecule has 1 amide bonds. The van der Waals surface area contributed by atoms with Crippen LogP contribution in [0, 0.1) is 13.8 Å². The third kappa shape index (κ3) is 4.53. The largest absolute Gasteiger partial charge is 0.489 e. The van der Waals surface area contributed by atoms with Crippen molar-refractivity contribution in [2.45, 2.75) is 59.1 Å². The Labute approximate surface area is 175 Å². The zero-order chi connectivity index (χ0) is 20.9. The van der Waals surface area contributed by atoms with Crippen LogP contribution in [0.3, 0.4) is 0 Å². The maximum atomic E-state index is 12.6. The summed E-state index contributed by atoms with van der Waals surface area (Å²) in [6.07, 6.45) is 5.21. The Morgan fingerprint density at radius 2 is 2.13 bits per heavy atom. The van der Waals surface area contributed by atoms with Gasteiger partial charge in [-0.05, 0) is 44.9 Å². The molecule has 0 saturated heterocycles. The number of hydrogen-bond donors (Lipinski definition) is 1. The van der Waals surface area contributed by atoms with Crippen molar-refractivity contribution in [3.8, 4) is 5.75 Å². The molecule has 1 aliphatic heterocycles. The molecule has 0 unspecified atom stereocenters. The second-order valence-electron chi connectivity index (χ2n) is 7.62. The van der Waals surface area contributed by atoms with Crippen molar-refractivity contribution in [2.24, 2.45) is 0 Å². The van der Waals surface area contributed by atoms with Crippen molar-refractivity contribution in [3.63, 3.8) is 0 Å². The predicted molar refractivity (Wildman–Crippen MR) is 110 cm³/mol. The number of carbonyl (C=O) groups excluding carboxylic acids is 1. The van der Waals surface area contributed by atoms with E-state index in [1.54, 1.807) is 12.1 Å². The summed E-state index contributed by atoms with van der Waals surface area (Å²) in [6, 6.07) is 7.17. The van der Waals surface area contributed by atoms with E-state index in [0.29, 0.717) is 30.9 Å². The molecular weight excluding hydrogens is 382 g/mol. The lowest BCUT2D eigenvalue weighted by molar-refractivity contribution is 0.0953. The number of hydrogen-bond acceptors (Lipinski definition) is 6. The van der Waals surface area contributed by atoms with Crippen LogP contribution >= 0.6 is 0 Å². The zero-order valence-corrected chi connectivity index (χ0v) is 17.5. The van der Waals surface area contributed by atoms with Gasteiger partial charge in [0.05, 0.1) is 11.3 Å². The third-order valence-electron chi connectivity index (χ3n) is 5.48. The molecule has 0 aliphatic carbocycles. The average molecular weight is 409 g/mol. The molecule has 158 valence electrons. The van der Waals surface area contributed by atoms with E-state index in [2.05, 4.69) is 25.2 Å². The summed E-state index contributed by atoms with van der Waals surface area (Å²) in [6.45, 7) is 5.58. The van der Waals surface area contributed by atoms with Crippen LogP contribution in [0.25, 0.3) is 0 Å². The molecule has 1 N–H and O–H groups in total. The number of benzene rings is 1. The van der Waals surface area contributed by atoms with E-state index in [1.165, 1.54) is 12.8 Å². The smallest absolute Gasteiger partial charge is 0.251 e. The van der Waals surface area contributed by atoms with E-state index in [-0.39, 0.29) is 5.91 Å². The fourth-order valence-corrected chi connectivity index (χ4v) is 3.71. The number of nitrogens with one attached hydrogen (secondary N) is 1. The van der Waals surface area contributed by atoms with Crippen molar-refractivity contribution >= 4 is 5.91 Å². The lowest BCUT2D eigenvalue weighted by atomic mass is 10.2. The highest BCUT2D eigenvalue weighted by atomic mass is 16.5. The predicted octanol–water partition coefficient (Wildman–Crippen LogP) is 3.16. The van der Waals surface area contributed by atoms with Gasteiger partial charge in [0, 0.05) is 31.5 Å². The first-order chi connectivity index (χ1) is 14.6. The Bertz CT molecular complexity index is 1000. The highest BCUT2D eigenvalue weighted by molar-refractivity contribution is 5.94. The standard InChI is InChI=1S/C22H27N5O3/c1-15-19(16(2)30-26-15)14-29-18-8-6-7-17(13-18)22(28)23-11-10-21-25-24-20-9-4-3-5-12-27(20)21/h6-8,13H,3-5,9-12,14H2,1-2H3,(H,23,28). The lowest BCUT2D eigenvalue weighted by Gasteiger charge is -2.10. The van der Waals surface area contributed by atoms with Gasteiger partial charge in [0.15, 0.2) is 0 Å². The van der Waals surface area contributed by atoms with Gasteiger partial charge in [0.25, 0.3) is 5.91 Å². The highest BCUT2D eigenvalue weighted by Crippen LogP contribution is 2.19. The summed E-state index contributed by atoms with van der Waals surface area (Å²) in [5, 5.41) is 15.5. The van der Waals surface area contributed by atoms with Crippen LogP contribution in [-0.2, 0) is 26.0 Å². The van der Waals surface area contributed by atoms with E-state index >= 15 is 0 Å². The molecule has 3 heterocycles. The average Bonchev–Trinajstić information content (AvgIpc) is 3.18. The van der Waals surface area contributed by atoms with E-state index < -0.39 is 0 Å². The minimum atomic E-state index is -0.131. The van der Waals surface area contributed by atoms with Gasteiger partial charge in [-0.2, -0.15) is 0 Å². The quantitative estimate of drug-likeness (QED) is 0.644. The number of amides is 1. The normalized spacial score (nSPS) is 13.5. The molecule has 8 heteroatoms. The second-order valence-corrected chi connectivity index (χ2v) is 7.62. The maximum absolute atomic E-state index is 12.6. The first-order valence-corrected chi connectivity index (χ1v) is 10.5. The molecule has 0 saturated carbocycles. The summed E-state index contributed by atoms with van der Waals surface area (Å²) in [7, 11) is 0. The van der Waals surface area contributed by atoms with Crippen LogP contribution in [-0.4, -0.2) is 32.4 Å². The topological polar surface area (TPSA) is 95.1 Å². The summed E-state index contributed by atoms with van der Waals surface area (Å²) in [5.41, 5.74) is 2.30. The molecule has 0 fully saturated rings. The Balaban J connectivity index is 1.32. The molecule has 0 spiro atoms. The Morgan fingerprint density at radius 3 is 2.97 bits per heavy atom. The van der Waals surface area contributed by atoms with Gasteiger partial charge in [-0.25, -0.2) is 0 Å². The monoisotopic (exact) mass is 409 g/mol. The Morgan fingerprint density at radius 1 is 1.23 bits per heavy atom. The minimum Gasteiger partial charge on any atom is -0.489 e. The van der Waals surface area contributed by atoms with Crippen LogP contribution < -0.4 is 10.1 Å².